The van der Waals surface area contributed by atoms with Crippen LogP contribution in [-0.2, 0) is 6.42 Å². The van der Waals surface area contributed by atoms with Crippen LogP contribution in [0.4, 0.5) is 0 Å². The van der Waals surface area contributed by atoms with Crippen LogP contribution in [0.3, 0.4) is 0 Å². The zero-order valence-corrected chi connectivity index (χ0v) is 13.1. The van der Waals surface area contributed by atoms with Crippen LogP contribution in [0.5, 0.6) is 5.75 Å². The van der Waals surface area contributed by atoms with E-state index in [1.54, 1.807) is 12.0 Å². The maximum absolute atomic E-state index is 7.78. The summed E-state index contributed by atoms with van der Waals surface area (Å²) in [6, 6.07) is 6.12. The molecule has 0 spiro atoms. The average Bonchev–Trinajstić information content (AvgIpc) is 3.12. The van der Waals surface area contributed by atoms with Gasteiger partial charge in [-0.25, -0.2) is 0 Å². The molecule has 2 aromatic rings. The van der Waals surface area contributed by atoms with Crippen molar-refractivity contribution >= 4 is 10.9 Å². The van der Waals surface area contributed by atoms with E-state index < -0.39 is 6.98 Å². The predicted molar refractivity (Wildman–Crippen MR) is 88.3 cm³/mol. The lowest BCUT2D eigenvalue weighted by atomic mass is 9.96. The lowest BCUT2D eigenvalue weighted by Crippen LogP contribution is -2.27. The highest BCUT2D eigenvalue weighted by Crippen LogP contribution is 2.33. The molecule has 0 unspecified atom stereocenters. The topological polar surface area (TPSA) is 28.3 Å². The van der Waals surface area contributed by atoms with Crippen LogP contribution >= 0.6 is 0 Å². The largest absolute Gasteiger partial charge is 0.497 e. The number of aromatic nitrogens is 1. The maximum atomic E-state index is 7.78. The summed E-state index contributed by atoms with van der Waals surface area (Å²) in [5, 5.41) is 1.15. The van der Waals surface area contributed by atoms with Gasteiger partial charge in [0.15, 0.2) is 0 Å². The monoisotopic (exact) mass is 289 g/mol. The predicted octanol–water partition coefficient (Wildman–Crippen LogP) is 3.94. The molecule has 1 atom stereocenters. The van der Waals surface area contributed by atoms with Gasteiger partial charge in [0.2, 0.25) is 0 Å². The molecule has 2 heterocycles. The van der Waals surface area contributed by atoms with Crippen molar-refractivity contribution in [3.8, 4) is 5.75 Å². The summed E-state index contributed by atoms with van der Waals surface area (Å²) in [4.78, 5) is 5.22. The first kappa shape index (κ1) is 11.1. The molecular formula is C18H26N2O. The summed E-state index contributed by atoms with van der Waals surface area (Å²) in [6.45, 7) is 2.98. The van der Waals surface area contributed by atoms with Crippen LogP contribution in [0.25, 0.3) is 10.9 Å². The Morgan fingerprint density at radius 1 is 1.48 bits per heavy atom. The Morgan fingerprint density at radius 3 is 3.05 bits per heavy atom. The number of ether oxygens (including phenoxy) is 1. The van der Waals surface area contributed by atoms with Gasteiger partial charge >= 0.3 is 0 Å². The molecule has 0 saturated carbocycles. The van der Waals surface area contributed by atoms with Gasteiger partial charge in [-0.2, -0.15) is 0 Å². The number of aromatic amines is 1. The first-order chi connectivity index (χ1) is 11.3. The van der Waals surface area contributed by atoms with Crippen molar-refractivity contribution in [1.29, 1.82) is 0 Å². The minimum Gasteiger partial charge on any atom is -0.497 e. The molecule has 0 radical (unpaired) electrons. The quantitative estimate of drug-likeness (QED) is 0.923. The number of fused-ring (bicyclic) bond motifs is 1. The second kappa shape index (κ2) is 5.72. The first-order valence-electron chi connectivity index (χ1n) is 9.26. The van der Waals surface area contributed by atoms with E-state index in [2.05, 4.69) is 24.9 Å². The Morgan fingerprint density at radius 2 is 2.33 bits per heavy atom. The van der Waals surface area contributed by atoms with Gasteiger partial charge in [-0.05, 0) is 62.5 Å². The van der Waals surface area contributed by atoms with Crippen molar-refractivity contribution in [2.45, 2.75) is 45.1 Å². The smallest absolute Gasteiger partial charge is 0.119 e. The van der Waals surface area contributed by atoms with Crippen molar-refractivity contribution in [3.05, 3.63) is 29.5 Å². The van der Waals surface area contributed by atoms with Crippen LogP contribution in [0.1, 0.15) is 48.0 Å². The summed E-state index contributed by atoms with van der Waals surface area (Å²) in [5.41, 5.74) is 3.53. The summed E-state index contributed by atoms with van der Waals surface area (Å²) < 4.78 is 28.7. The molecule has 0 aliphatic carbocycles. The second-order valence-electron chi connectivity index (χ2n) is 6.28. The fourth-order valence-electron chi connectivity index (χ4n) is 3.37. The summed E-state index contributed by atoms with van der Waals surface area (Å²) in [6.07, 6.45) is 2.65. The Balaban J connectivity index is 2.02. The fourth-order valence-corrected chi connectivity index (χ4v) is 3.37. The van der Waals surface area contributed by atoms with E-state index in [4.69, 9.17) is 8.85 Å². The van der Waals surface area contributed by atoms with Gasteiger partial charge < -0.3 is 14.6 Å². The van der Waals surface area contributed by atoms with Crippen molar-refractivity contribution in [2.75, 3.05) is 20.6 Å². The number of hydrogen-bond acceptors (Lipinski definition) is 2. The van der Waals surface area contributed by atoms with Gasteiger partial charge in [0, 0.05) is 26.8 Å². The highest BCUT2D eigenvalue weighted by atomic mass is 16.5. The highest BCUT2D eigenvalue weighted by molar-refractivity contribution is 5.86. The molecular weight excluding hydrogens is 260 g/mol. The number of nitrogens with zero attached hydrogens (tertiary/aromatic N) is 1. The Bertz CT molecular complexity index is 721. The van der Waals surface area contributed by atoms with E-state index in [9.17, 15) is 0 Å². The number of hydrogen-bond donors (Lipinski definition) is 1. The van der Waals surface area contributed by atoms with E-state index in [0.29, 0.717) is 12.5 Å². The van der Waals surface area contributed by atoms with Gasteiger partial charge in [0.25, 0.3) is 0 Å². The Labute approximate surface area is 131 Å². The molecule has 1 fully saturated rings. The normalized spacial score (nSPS) is 22.5. The number of nitrogens with one attached hydrogen (secondary N) is 1. The minimum absolute atomic E-state index is 0.0696. The van der Waals surface area contributed by atoms with Crippen molar-refractivity contribution < 1.29 is 8.85 Å². The van der Waals surface area contributed by atoms with Crippen LogP contribution in [0.2, 0.25) is 0 Å². The molecule has 3 rings (SSSR count). The molecule has 3 nitrogen and oxygen atoms in total. The molecule has 114 valence electrons. The van der Waals surface area contributed by atoms with Crippen LogP contribution in [-0.4, -0.2) is 36.6 Å². The van der Waals surface area contributed by atoms with E-state index in [0.717, 1.165) is 35.9 Å². The van der Waals surface area contributed by atoms with E-state index in [-0.39, 0.29) is 6.04 Å². The Hall–Kier alpha value is -1.48. The molecule has 3 heteroatoms. The highest BCUT2D eigenvalue weighted by Gasteiger charge is 2.24. The number of likely N-dealkylation sites (N-methyl/N-ethyl adjacent to an activating group) is 1. The van der Waals surface area contributed by atoms with Crippen LogP contribution < -0.4 is 4.74 Å². The van der Waals surface area contributed by atoms with Gasteiger partial charge in [0.1, 0.15) is 5.75 Å². The maximum Gasteiger partial charge on any atom is 0.119 e. The standard InChI is InChI=1S/C18H26N2O/c1-12(2)18-16(10-13-6-5-9-20(13)3)15-11-14(21-4)7-8-17(15)19-18/h7-8,11-13,19H,5-6,9-10H2,1-4H3/t13-/m1/s1/i3D3. The molecule has 1 saturated heterocycles. The third-order valence-corrected chi connectivity index (χ3v) is 4.54. The lowest BCUT2D eigenvalue weighted by molar-refractivity contribution is 0.309. The molecule has 21 heavy (non-hydrogen) atoms. The number of H-pyrrole nitrogens is 1. The number of likely N-dealkylation sites (tertiary alicyclic amines) is 1. The number of methoxy groups -OCH3 is 1. The summed E-state index contributed by atoms with van der Waals surface area (Å²) in [7, 11) is 1.67. The minimum atomic E-state index is -2.01. The van der Waals surface area contributed by atoms with Crippen molar-refractivity contribution in [3.63, 3.8) is 0 Å². The first-order valence-corrected chi connectivity index (χ1v) is 7.76. The van der Waals surface area contributed by atoms with E-state index >= 15 is 0 Å². The average molecular weight is 289 g/mol. The third-order valence-electron chi connectivity index (χ3n) is 4.54. The second-order valence-corrected chi connectivity index (χ2v) is 6.28. The lowest BCUT2D eigenvalue weighted by Gasteiger charge is -2.20. The molecule has 1 aliphatic rings. The molecule has 1 aromatic carbocycles. The molecule has 1 N–H and O–H groups in total. The molecule has 1 aromatic heterocycles. The van der Waals surface area contributed by atoms with Crippen molar-refractivity contribution in [1.82, 2.24) is 9.88 Å². The van der Waals surface area contributed by atoms with Crippen LogP contribution in [0.15, 0.2) is 18.2 Å². The zero-order chi connectivity index (χ0) is 17.5. The van der Waals surface area contributed by atoms with E-state index in [1.165, 1.54) is 11.3 Å². The summed E-state index contributed by atoms with van der Waals surface area (Å²) in [5.74, 6) is 1.19. The van der Waals surface area contributed by atoms with Gasteiger partial charge in [-0.1, -0.05) is 13.8 Å². The van der Waals surface area contributed by atoms with Crippen molar-refractivity contribution in [2.24, 2.45) is 0 Å². The number of rotatable bonds is 4. The number of benzene rings is 1. The zero-order valence-electron chi connectivity index (χ0n) is 16.1. The van der Waals surface area contributed by atoms with Gasteiger partial charge in [-0.15, -0.1) is 0 Å². The molecule has 1 aliphatic heterocycles. The fraction of sp³-hybridized carbons (Fsp3) is 0.556. The van der Waals surface area contributed by atoms with E-state index in [1.807, 2.05) is 12.1 Å². The van der Waals surface area contributed by atoms with Crippen LogP contribution in [0, 0.1) is 0 Å². The SMILES string of the molecule is [2H]C([2H])([2H])N1CCC[C@@H]1Cc1c(C(C)C)[nH]c2ccc(OC)cc12. The van der Waals surface area contributed by atoms with Gasteiger partial charge in [0.05, 0.1) is 7.11 Å². The third kappa shape index (κ3) is 2.67. The summed E-state index contributed by atoms with van der Waals surface area (Å²) >= 11 is 0. The molecule has 0 amide bonds. The Kier molecular flexibility index (Phi) is 3.03. The van der Waals surface area contributed by atoms with Gasteiger partial charge in [-0.3, -0.25) is 0 Å². The molecule has 0 bridgehead atoms.